The normalized spacial score (nSPS) is 10.8. The first-order valence-corrected chi connectivity index (χ1v) is 6.54. The van der Waals surface area contributed by atoms with Crippen molar-refractivity contribution >= 4 is 0 Å². The zero-order chi connectivity index (χ0) is 12.5. The summed E-state index contributed by atoms with van der Waals surface area (Å²) in [5, 5.41) is 3.38. The van der Waals surface area contributed by atoms with Crippen molar-refractivity contribution < 1.29 is 4.74 Å². The van der Waals surface area contributed by atoms with Crippen molar-refractivity contribution in [2.45, 2.75) is 52.6 Å². The number of unbranched alkanes of at least 4 members (excludes halogenated alkanes) is 2. The highest BCUT2D eigenvalue weighted by Crippen LogP contribution is 2.14. The summed E-state index contributed by atoms with van der Waals surface area (Å²) < 4.78 is 5.72. The van der Waals surface area contributed by atoms with E-state index in [1.165, 1.54) is 12.8 Å². The summed E-state index contributed by atoms with van der Waals surface area (Å²) in [7, 11) is 0. The Kier molecular flexibility index (Phi) is 6.63. The Balaban J connectivity index is 2.46. The van der Waals surface area contributed by atoms with Crippen LogP contribution in [0.3, 0.4) is 0 Å². The van der Waals surface area contributed by atoms with Crippen LogP contribution < -0.4 is 10.1 Å². The van der Waals surface area contributed by atoms with Gasteiger partial charge in [-0.05, 0) is 12.5 Å². The molecule has 96 valence electrons. The molecule has 0 spiro atoms. The number of hydrogen-bond acceptors (Lipinski definition) is 3. The Bertz CT molecular complexity index is 313. The first-order valence-electron chi connectivity index (χ1n) is 6.54. The summed E-state index contributed by atoms with van der Waals surface area (Å²) in [6.45, 7) is 8.04. The Morgan fingerprint density at radius 1 is 1.35 bits per heavy atom. The number of pyridine rings is 1. The standard InChI is InChI=1S/C14H24N2O/c1-4-5-6-10-17-14-13(8-7-9-15-14)11-16-12(2)3/h7-9,12,16H,4-6,10-11H2,1-3H3. The molecule has 0 radical (unpaired) electrons. The number of rotatable bonds is 8. The second kappa shape index (κ2) is 8.07. The monoisotopic (exact) mass is 236 g/mol. The van der Waals surface area contributed by atoms with E-state index < -0.39 is 0 Å². The number of aromatic nitrogens is 1. The number of ether oxygens (including phenoxy) is 1. The van der Waals surface area contributed by atoms with E-state index in [2.05, 4.69) is 37.1 Å². The summed E-state index contributed by atoms with van der Waals surface area (Å²) in [5.74, 6) is 0.775. The predicted molar refractivity (Wildman–Crippen MR) is 71.2 cm³/mol. The molecule has 1 aromatic rings. The van der Waals surface area contributed by atoms with Gasteiger partial charge in [-0.1, -0.05) is 39.7 Å². The summed E-state index contributed by atoms with van der Waals surface area (Å²) in [6.07, 6.45) is 5.32. The molecule has 1 heterocycles. The Morgan fingerprint density at radius 3 is 2.88 bits per heavy atom. The number of nitrogens with zero attached hydrogens (tertiary/aromatic N) is 1. The molecule has 0 atom stereocenters. The predicted octanol–water partition coefficient (Wildman–Crippen LogP) is 3.15. The van der Waals surface area contributed by atoms with Gasteiger partial charge in [0.05, 0.1) is 6.61 Å². The van der Waals surface area contributed by atoms with Crippen LogP contribution in [-0.4, -0.2) is 17.6 Å². The van der Waals surface area contributed by atoms with Crippen LogP contribution in [0.25, 0.3) is 0 Å². The van der Waals surface area contributed by atoms with Crippen molar-refractivity contribution in [3.05, 3.63) is 23.9 Å². The highest BCUT2D eigenvalue weighted by Gasteiger charge is 2.04. The van der Waals surface area contributed by atoms with E-state index in [1.54, 1.807) is 6.20 Å². The van der Waals surface area contributed by atoms with Gasteiger partial charge in [-0.25, -0.2) is 4.98 Å². The molecule has 1 rings (SSSR count). The van der Waals surface area contributed by atoms with E-state index in [1.807, 2.05) is 6.07 Å². The van der Waals surface area contributed by atoms with Crippen molar-refractivity contribution in [2.24, 2.45) is 0 Å². The molecule has 0 fully saturated rings. The molecular formula is C14H24N2O. The van der Waals surface area contributed by atoms with Crippen LogP contribution in [0.1, 0.15) is 45.6 Å². The first-order chi connectivity index (χ1) is 8.24. The first kappa shape index (κ1) is 14.0. The van der Waals surface area contributed by atoms with Crippen LogP contribution in [-0.2, 0) is 6.54 Å². The maximum absolute atomic E-state index is 5.72. The summed E-state index contributed by atoms with van der Waals surface area (Å²) in [5.41, 5.74) is 1.14. The summed E-state index contributed by atoms with van der Waals surface area (Å²) in [6, 6.07) is 4.50. The van der Waals surface area contributed by atoms with Crippen LogP contribution in [0.4, 0.5) is 0 Å². The lowest BCUT2D eigenvalue weighted by atomic mass is 10.2. The zero-order valence-corrected chi connectivity index (χ0v) is 11.2. The van der Waals surface area contributed by atoms with E-state index in [0.29, 0.717) is 6.04 Å². The van der Waals surface area contributed by atoms with Gasteiger partial charge in [0.1, 0.15) is 0 Å². The second-order valence-electron chi connectivity index (χ2n) is 4.56. The lowest BCUT2D eigenvalue weighted by molar-refractivity contribution is 0.290. The molecule has 0 aliphatic carbocycles. The third-order valence-electron chi connectivity index (χ3n) is 2.54. The zero-order valence-electron chi connectivity index (χ0n) is 11.2. The van der Waals surface area contributed by atoms with Crippen molar-refractivity contribution in [3.8, 4) is 5.88 Å². The van der Waals surface area contributed by atoms with Gasteiger partial charge in [-0.3, -0.25) is 0 Å². The fraction of sp³-hybridized carbons (Fsp3) is 0.643. The van der Waals surface area contributed by atoms with Gasteiger partial charge >= 0.3 is 0 Å². The average molecular weight is 236 g/mol. The van der Waals surface area contributed by atoms with Gasteiger partial charge in [-0.15, -0.1) is 0 Å². The SMILES string of the molecule is CCCCCOc1ncccc1CNC(C)C. The van der Waals surface area contributed by atoms with E-state index in [-0.39, 0.29) is 0 Å². The highest BCUT2D eigenvalue weighted by molar-refractivity contribution is 5.25. The van der Waals surface area contributed by atoms with E-state index >= 15 is 0 Å². The molecular weight excluding hydrogens is 212 g/mol. The third-order valence-corrected chi connectivity index (χ3v) is 2.54. The molecule has 1 aromatic heterocycles. The molecule has 3 heteroatoms. The minimum Gasteiger partial charge on any atom is -0.477 e. The van der Waals surface area contributed by atoms with Crippen molar-refractivity contribution in [3.63, 3.8) is 0 Å². The van der Waals surface area contributed by atoms with Crippen LogP contribution in [0, 0.1) is 0 Å². The molecule has 0 saturated carbocycles. The van der Waals surface area contributed by atoms with Gasteiger partial charge in [0.2, 0.25) is 5.88 Å². The minimum atomic E-state index is 0.475. The van der Waals surface area contributed by atoms with Crippen molar-refractivity contribution in [1.82, 2.24) is 10.3 Å². The number of nitrogens with one attached hydrogen (secondary N) is 1. The van der Waals surface area contributed by atoms with Crippen molar-refractivity contribution in [1.29, 1.82) is 0 Å². The summed E-state index contributed by atoms with van der Waals surface area (Å²) >= 11 is 0. The Labute approximate surface area is 105 Å². The lowest BCUT2D eigenvalue weighted by Gasteiger charge is -2.12. The van der Waals surface area contributed by atoms with E-state index in [0.717, 1.165) is 31.0 Å². The molecule has 1 N–H and O–H groups in total. The Morgan fingerprint density at radius 2 is 2.18 bits per heavy atom. The molecule has 0 saturated heterocycles. The highest BCUT2D eigenvalue weighted by atomic mass is 16.5. The van der Waals surface area contributed by atoms with Gasteiger partial charge < -0.3 is 10.1 Å². The molecule has 0 aliphatic rings. The minimum absolute atomic E-state index is 0.475. The second-order valence-corrected chi connectivity index (χ2v) is 4.56. The van der Waals surface area contributed by atoms with Gasteiger partial charge in [0, 0.05) is 24.3 Å². The number of hydrogen-bond donors (Lipinski definition) is 1. The fourth-order valence-electron chi connectivity index (χ4n) is 1.52. The topological polar surface area (TPSA) is 34.1 Å². The van der Waals surface area contributed by atoms with E-state index in [4.69, 9.17) is 4.74 Å². The van der Waals surface area contributed by atoms with Crippen LogP contribution in [0.2, 0.25) is 0 Å². The fourth-order valence-corrected chi connectivity index (χ4v) is 1.52. The lowest BCUT2D eigenvalue weighted by Crippen LogP contribution is -2.22. The van der Waals surface area contributed by atoms with Crippen molar-refractivity contribution in [2.75, 3.05) is 6.61 Å². The molecule has 0 aliphatic heterocycles. The largest absolute Gasteiger partial charge is 0.477 e. The molecule has 0 aromatic carbocycles. The quantitative estimate of drug-likeness (QED) is 0.704. The molecule has 0 amide bonds. The van der Waals surface area contributed by atoms with Gasteiger partial charge in [0.15, 0.2) is 0 Å². The molecule has 0 unspecified atom stereocenters. The summed E-state index contributed by atoms with van der Waals surface area (Å²) in [4.78, 5) is 4.29. The Hall–Kier alpha value is -1.09. The maximum atomic E-state index is 5.72. The van der Waals surface area contributed by atoms with Gasteiger partial charge in [0.25, 0.3) is 0 Å². The molecule has 3 nitrogen and oxygen atoms in total. The van der Waals surface area contributed by atoms with Crippen LogP contribution >= 0.6 is 0 Å². The van der Waals surface area contributed by atoms with Gasteiger partial charge in [-0.2, -0.15) is 0 Å². The smallest absolute Gasteiger partial charge is 0.217 e. The maximum Gasteiger partial charge on any atom is 0.217 e. The van der Waals surface area contributed by atoms with E-state index in [9.17, 15) is 0 Å². The average Bonchev–Trinajstić information content (AvgIpc) is 2.33. The third kappa shape index (κ3) is 5.68. The molecule has 17 heavy (non-hydrogen) atoms. The molecule has 0 bridgehead atoms. The van der Waals surface area contributed by atoms with Crippen LogP contribution in [0.5, 0.6) is 5.88 Å². The van der Waals surface area contributed by atoms with Crippen LogP contribution in [0.15, 0.2) is 18.3 Å².